The first kappa shape index (κ1) is 21.8. The van der Waals surface area contributed by atoms with Crippen LogP contribution in [0.3, 0.4) is 0 Å². The number of sulfonamides is 1. The van der Waals surface area contributed by atoms with Gasteiger partial charge in [-0.25, -0.2) is 13.4 Å². The molecule has 1 unspecified atom stereocenters. The second-order valence-electron chi connectivity index (χ2n) is 8.40. The van der Waals surface area contributed by atoms with Crippen LogP contribution in [0.15, 0.2) is 47.5 Å². The Bertz CT molecular complexity index is 1030. The number of rotatable bonds is 4. The highest BCUT2D eigenvalue weighted by atomic mass is 32.2. The van der Waals surface area contributed by atoms with E-state index in [4.69, 9.17) is 0 Å². The zero-order chi connectivity index (χ0) is 22.0. The van der Waals surface area contributed by atoms with Gasteiger partial charge in [-0.3, -0.25) is 4.79 Å². The number of benzene rings is 1. The van der Waals surface area contributed by atoms with Crippen LogP contribution in [0.2, 0.25) is 0 Å². The largest absolute Gasteiger partial charge is 0.353 e. The molecule has 3 heterocycles. The van der Waals surface area contributed by atoms with E-state index < -0.39 is 10.0 Å². The van der Waals surface area contributed by atoms with Crippen molar-refractivity contribution in [3.05, 3.63) is 53.7 Å². The summed E-state index contributed by atoms with van der Waals surface area (Å²) in [6.45, 7) is 6.91. The van der Waals surface area contributed by atoms with Crippen molar-refractivity contribution in [3.63, 3.8) is 0 Å². The number of carbonyl (C=O) groups is 1. The summed E-state index contributed by atoms with van der Waals surface area (Å²) in [5.74, 6) is 0.802. The summed E-state index contributed by atoms with van der Waals surface area (Å²) in [5.41, 5.74) is 1.26. The normalized spacial score (nSPS) is 20.6. The van der Waals surface area contributed by atoms with Gasteiger partial charge in [0, 0.05) is 50.5 Å². The molecule has 1 amide bonds. The fourth-order valence-corrected chi connectivity index (χ4v) is 6.13. The Morgan fingerprint density at radius 3 is 2.48 bits per heavy atom. The van der Waals surface area contributed by atoms with E-state index in [0.717, 1.165) is 30.6 Å². The molecular formula is C23H30N4O3S. The average molecular weight is 443 g/mol. The van der Waals surface area contributed by atoms with Gasteiger partial charge in [0.2, 0.25) is 10.0 Å². The van der Waals surface area contributed by atoms with E-state index in [1.807, 2.05) is 36.9 Å². The fourth-order valence-electron chi connectivity index (χ4n) is 4.41. The van der Waals surface area contributed by atoms with Crippen LogP contribution in [-0.4, -0.2) is 67.3 Å². The molecule has 0 saturated carbocycles. The third-order valence-electron chi connectivity index (χ3n) is 6.33. The van der Waals surface area contributed by atoms with Gasteiger partial charge in [-0.15, -0.1) is 0 Å². The van der Waals surface area contributed by atoms with E-state index in [1.165, 1.54) is 0 Å². The van der Waals surface area contributed by atoms with Gasteiger partial charge in [0.25, 0.3) is 5.91 Å². The summed E-state index contributed by atoms with van der Waals surface area (Å²) < 4.78 is 28.1. The van der Waals surface area contributed by atoms with E-state index in [1.54, 1.807) is 28.7 Å². The van der Waals surface area contributed by atoms with Crippen molar-refractivity contribution in [2.45, 2.75) is 44.0 Å². The lowest BCUT2D eigenvalue weighted by atomic mass is 10.1. The summed E-state index contributed by atoms with van der Waals surface area (Å²) in [4.78, 5) is 21.8. The number of piperazine rings is 1. The number of anilines is 1. The number of hydrogen-bond acceptors (Lipinski definition) is 5. The first-order valence-corrected chi connectivity index (χ1v) is 12.4. The molecule has 166 valence electrons. The Labute approximate surface area is 184 Å². The van der Waals surface area contributed by atoms with Gasteiger partial charge in [0.15, 0.2) is 0 Å². The number of aryl methyl sites for hydroxylation is 1. The minimum Gasteiger partial charge on any atom is -0.353 e. The smallest absolute Gasteiger partial charge is 0.254 e. The Morgan fingerprint density at radius 2 is 1.81 bits per heavy atom. The first-order chi connectivity index (χ1) is 14.9. The molecule has 0 radical (unpaired) electrons. The van der Waals surface area contributed by atoms with Gasteiger partial charge in [-0.2, -0.15) is 4.31 Å². The number of piperidine rings is 1. The van der Waals surface area contributed by atoms with E-state index in [2.05, 4.69) is 9.88 Å². The van der Waals surface area contributed by atoms with Crippen molar-refractivity contribution >= 4 is 21.7 Å². The van der Waals surface area contributed by atoms with Crippen LogP contribution in [-0.2, 0) is 10.0 Å². The summed E-state index contributed by atoms with van der Waals surface area (Å²) >= 11 is 0. The van der Waals surface area contributed by atoms with Crippen molar-refractivity contribution in [3.8, 4) is 0 Å². The second-order valence-corrected chi connectivity index (χ2v) is 10.3. The molecule has 31 heavy (non-hydrogen) atoms. The van der Waals surface area contributed by atoms with E-state index in [9.17, 15) is 13.2 Å². The van der Waals surface area contributed by atoms with Crippen LogP contribution >= 0.6 is 0 Å². The van der Waals surface area contributed by atoms with Crippen molar-refractivity contribution in [2.24, 2.45) is 0 Å². The van der Waals surface area contributed by atoms with Crippen molar-refractivity contribution < 1.29 is 13.2 Å². The lowest BCUT2D eigenvalue weighted by Crippen LogP contribution is -2.49. The zero-order valence-corrected chi connectivity index (χ0v) is 19.0. The minimum atomic E-state index is -3.61. The van der Waals surface area contributed by atoms with E-state index in [-0.39, 0.29) is 16.8 Å². The Balaban J connectivity index is 1.51. The highest BCUT2D eigenvalue weighted by Gasteiger charge is 2.32. The molecule has 1 aromatic carbocycles. The molecule has 7 nitrogen and oxygen atoms in total. The quantitative estimate of drug-likeness (QED) is 0.728. The molecule has 0 spiro atoms. The highest BCUT2D eigenvalue weighted by molar-refractivity contribution is 7.89. The van der Waals surface area contributed by atoms with Gasteiger partial charge in [0.1, 0.15) is 5.82 Å². The Hall–Kier alpha value is -2.45. The molecular weight excluding hydrogens is 412 g/mol. The fraction of sp³-hybridized carbons (Fsp3) is 0.478. The monoisotopic (exact) mass is 442 g/mol. The van der Waals surface area contributed by atoms with Crippen molar-refractivity contribution in [2.75, 3.05) is 37.6 Å². The zero-order valence-electron chi connectivity index (χ0n) is 18.2. The molecule has 1 atom stereocenters. The van der Waals surface area contributed by atoms with Crippen LogP contribution in [0.4, 0.5) is 5.82 Å². The Kier molecular flexibility index (Phi) is 6.29. The van der Waals surface area contributed by atoms with Gasteiger partial charge in [-0.05, 0) is 56.5 Å². The number of amides is 1. The van der Waals surface area contributed by atoms with E-state index in [0.29, 0.717) is 38.3 Å². The summed E-state index contributed by atoms with van der Waals surface area (Å²) in [6, 6.07) is 10.7. The van der Waals surface area contributed by atoms with Crippen molar-refractivity contribution in [1.82, 2.24) is 14.2 Å². The molecule has 8 heteroatoms. The summed E-state index contributed by atoms with van der Waals surface area (Å²) in [7, 11) is -3.61. The first-order valence-electron chi connectivity index (χ1n) is 11.0. The molecule has 2 fully saturated rings. The number of aromatic nitrogens is 1. The molecule has 4 rings (SSSR count). The highest BCUT2D eigenvalue weighted by Crippen LogP contribution is 2.27. The van der Waals surface area contributed by atoms with E-state index >= 15 is 0 Å². The Morgan fingerprint density at radius 1 is 1.03 bits per heavy atom. The number of pyridine rings is 1. The standard InChI is InChI=1S/C23H30N4O3S/c1-18-9-10-20(31(29,30)27-12-6-4-7-19(27)2)17-21(18)23(28)26-15-13-25(14-16-26)22-8-3-5-11-24-22/h3,5,8-11,17,19H,4,6-7,12-16H2,1-2H3. The molecule has 2 aliphatic heterocycles. The van der Waals surface area contributed by atoms with Crippen LogP contribution in [0.1, 0.15) is 42.1 Å². The van der Waals surface area contributed by atoms with Crippen LogP contribution < -0.4 is 4.90 Å². The molecule has 0 bridgehead atoms. The topological polar surface area (TPSA) is 73.8 Å². The predicted octanol–water partition coefficient (Wildman–Crippen LogP) is 2.92. The van der Waals surface area contributed by atoms with Gasteiger partial charge in [0.05, 0.1) is 4.90 Å². The average Bonchev–Trinajstić information content (AvgIpc) is 2.79. The molecule has 0 N–H and O–H groups in total. The predicted molar refractivity (Wildman–Crippen MR) is 121 cm³/mol. The van der Waals surface area contributed by atoms with Crippen LogP contribution in [0.25, 0.3) is 0 Å². The molecule has 2 aromatic rings. The third kappa shape index (κ3) is 4.45. The van der Waals surface area contributed by atoms with Crippen molar-refractivity contribution in [1.29, 1.82) is 0 Å². The summed E-state index contributed by atoms with van der Waals surface area (Å²) in [6.07, 6.45) is 4.57. The van der Waals surface area contributed by atoms with Gasteiger partial charge in [-0.1, -0.05) is 18.6 Å². The third-order valence-corrected chi connectivity index (χ3v) is 8.34. The molecule has 2 aliphatic rings. The SMILES string of the molecule is Cc1ccc(S(=O)(=O)N2CCCCC2C)cc1C(=O)N1CCN(c2ccccn2)CC1. The maximum Gasteiger partial charge on any atom is 0.254 e. The molecule has 0 aliphatic carbocycles. The minimum absolute atomic E-state index is 0.0149. The van der Waals surface area contributed by atoms with Crippen LogP contribution in [0.5, 0.6) is 0 Å². The lowest BCUT2D eigenvalue weighted by Gasteiger charge is -2.36. The maximum atomic E-state index is 13.3. The lowest BCUT2D eigenvalue weighted by molar-refractivity contribution is 0.0745. The molecule has 2 saturated heterocycles. The van der Waals surface area contributed by atoms with Crippen LogP contribution in [0, 0.1) is 6.92 Å². The van der Waals surface area contributed by atoms with Gasteiger partial charge >= 0.3 is 0 Å². The van der Waals surface area contributed by atoms with Gasteiger partial charge < -0.3 is 9.80 Å². The second kappa shape index (κ2) is 8.96. The number of hydrogen-bond donors (Lipinski definition) is 0. The number of nitrogens with zero attached hydrogens (tertiary/aromatic N) is 4. The summed E-state index contributed by atoms with van der Waals surface area (Å²) in [5, 5.41) is 0. The molecule has 1 aromatic heterocycles. The maximum absolute atomic E-state index is 13.3. The number of carbonyl (C=O) groups excluding carboxylic acids is 1.